The third-order valence-electron chi connectivity index (χ3n) is 12.1. The van der Waals surface area contributed by atoms with Crippen LogP contribution in [0.2, 0.25) is 0 Å². The second-order valence-corrected chi connectivity index (χ2v) is 18.1. The molecular formula is C45H52N8O6S. The lowest BCUT2D eigenvalue weighted by Gasteiger charge is -2.30. The monoisotopic (exact) mass is 832 g/mol. The predicted octanol–water partition coefficient (Wildman–Crippen LogP) is 7.68. The van der Waals surface area contributed by atoms with E-state index in [9.17, 15) is 19.2 Å². The number of fused-ring (bicyclic) bond motifs is 1. The van der Waals surface area contributed by atoms with Crippen LogP contribution in [-0.2, 0) is 19.1 Å². The molecule has 4 atom stereocenters. The topological polar surface area (TPSA) is 175 Å². The summed E-state index contributed by atoms with van der Waals surface area (Å²) in [7, 11) is 2.59. The van der Waals surface area contributed by atoms with Crippen LogP contribution in [0.5, 0.6) is 0 Å². The third-order valence-corrected chi connectivity index (χ3v) is 13.3. The highest BCUT2D eigenvalue weighted by molar-refractivity contribution is 7.99. The number of amides is 4. The molecule has 4 heterocycles. The lowest BCUT2D eigenvalue weighted by molar-refractivity contribution is -0.136. The summed E-state index contributed by atoms with van der Waals surface area (Å²) in [5.74, 6) is 1.73. The van der Waals surface area contributed by atoms with Crippen molar-refractivity contribution in [2.24, 2.45) is 17.3 Å². The first kappa shape index (κ1) is 40.9. The zero-order valence-electron chi connectivity index (χ0n) is 34.8. The van der Waals surface area contributed by atoms with E-state index in [0.717, 1.165) is 75.3 Å². The zero-order valence-corrected chi connectivity index (χ0v) is 35.6. The number of benzene rings is 3. The Kier molecular flexibility index (Phi) is 11.4. The quantitative estimate of drug-likeness (QED) is 0.104. The number of likely N-dealkylation sites (tertiary alicyclic amines) is 1. The molecule has 0 unspecified atom stereocenters. The maximum absolute atomic E-state index is 13.9. The van der Waals surface area contributed by atoms with Gasteiger partial charge in [-0.05, 0) is 76.1 Å². The maximum Gasteiger partial charge on any atom is 0.407 e. The zero-order chi connectivity index (χ0) is 42.3. The van der Waals surface area contributed by atoms with Gasteiger partial charge >= 0.3 is 12.2 Å². The van der Waals surface area contributed by atoms with E-state index in [1.807, 2.05) is 38.8 Å². The Balaban J connectivity index is 0.951. The number of hydrogen-bond donors (Lipinski definition) is 4. The molecule has 2 saturated heterocycles. The van der Waals surface area contributed by atoms with Crippen molar-refractivity contribution in [1.29, 1.82) is 0 Å². The van der Waals surface area contributed by atoms with E-state index in [1.54, 1.807) is 22.9 Å². The number of nitrogens with one attached hydrogen (secondary N) is 4. The van der Waals surface area contributed by atoms with Crippen molar-refractivity contribution < 1.29 is 28.7 Å². The van der Waals surface area contributed by atoms with Crippen molar-refractivity contribution in [3.63, 3.8) is 0 Å². The fourth-order valence-corrected chi connectivity index (χ4v) is 9.64. The van der Waals surface area contributed by atoms with E-state index in [0.29, 0.717) is 18.9 Å². The molecule has 314 valence electrons. The minimum Gasteiger partial charge on any atom is -0.453 e. The maximum atomic E-state index is 13.9. The minimum atomic E-state index is -0.700. The number of methoxy groups -OCH3 is 2. The van der Waals surface area contributed by atoms with Gasteiger partial charge in [0.25, 0.3) is 0 Å². The molecule has 0 bridgehead atoms. The SMILES string of the molecule is COC(=O)N[C@H](C(=O)N1CC2(CC2)C[C@H]1c1ncc(-c2ccc3cc(-c4ccc(-c5cnc([C@@H]6SCCN6C(=O)[C@@H](NC(=O)OC)C(C)C)[nH]5)cc4)ccc3c2)[nH]1)C(C)C. The van der Waals surface area contributed by atoms with Gasteiger partial charge < -0.3 is 39.9 Å². The fraction of sp³-hybridized carbons (Fsp3) is 0.422. The minimum absolute atomic E-state index is 0.106. The van der Waals surface area contributed by atoms with Crippen molar-refractivity contribution >= 4 is 46.5 Å². The number of thioether (sulfide) groups is 1. The van der Waals surface area contributed by atoms with Crippen LogP contribution >= 0.6 is 11.8 Å². The van der Waals surface area contributed by atoms with Crippen LogP contribution in [-0.4, -0.2) is 98.9 Å². The molecule has 2 aromatic heterocycles. The van der Waals surface area contributed by atoms with Gasteiger partial charge in [0.2, 0.25) is 11.8 Å². The number of carbonyl (C=O) groups is 4. The van der Waals surface area contributed by atoms with Gasteiger partial charge in [-0.3, -0.25) is 9.59 Å². The average molecular weight is 833 g/mol. The number of nitrogens with zero attached hydrogens (tertiary/aromatic N) is 4. The Labute approximate surface area is 353 Å². The molecule has 4 amide bonds. The van der Waals surface area contributed by atoms with E-state index in [2.05, 4.69) is 86.2 Å². The molecule has 8 rings (SSSR count). The van der Waals surface area contributed by atoms with E-state index >= 15 is 0 Å². The van der Waals surface area contributed by atoms with Gasteiger partial charge in [0, 0.05) is 24.4 Å². The average Bonchev–Trinajstić information content (AvgIpc) is 3.79. The standard InChI is InChI=1S/C45H52N8O6S/c1-25(2)36(50-43(56)58-5)40(54)52-17-18-60-42(52)39-47-22-33(49-39)28-9-7-27(8-10-28)29-11-12-31-20-32(14-13-30(31)19-29)34-23-46-38(48-34)35-21-45(15-16-45)24-53(35)41(55)37(26(3)4)51-44(57)59-6/h7-14,19-20,22-23,25-26,35-37,42H,15-18,21,24H2,1-6H3,(H,46,48)(H,47,49)(H,50,56)(H,51,57)/t35-,36-,37-,42-/m0/s1. The molecular weight excluding hydrogens is 781 g/mol. The van der Waals surface area contributed by atoms with Crippen LogP contribution in [0.1, 0.15) is 70.0 Å². The first-order valence-electron chi connectivity index (χ1n) is 20.5. The first-order valence-corrected chi connectivity index (χ1v) is 21.6. The number of aromatic amines is 2. The normalized spacial score (nSPS) is 19.2. The van der Waals surface area contributed by atoms with Gasteiger partial charge in [0.15, 0.2) is 0 Å². The van der Waals surface area contributed by atoms with E-state index in [4.69, 9.17) is 14.5 Å². The summed E-state index contributed by atoms with van der Waals surface area (Å²) in [5, 5.41) is 7.35. The molecule has 4 N–H and O–H groups in total. The van der Waals surface area contributed by atoms with Crippen LogP contribution in [0.4, 0.5) is 9.59 Å². The van der Waals surface area contributed by atoms with Crippen molar-refractivity contribution in [2.45, 2.75) is 70.5 Å². The summed E-state index contributed by atoms with van der Waals surface area (Å²) in [4.78, 5) is 71.7. The van der Waals surface area contributed by atoms with Crippen LogP contribution in [0.25, 0.3) is 44.4 Å². The van der Waals surface area contributed by atoms with Crippen molar-refractivity contribution in [2.75, 3.05) is 33.1 Å². The Morgan fingerprint density at radius 3 is 1.83 bits per heavy atom. The van der Waals surface area contributed by atoms with E-state index < -0.39 is 24.3 Å². The Morgan fingerprint density at radius 1 is 0.717 bits per heavy atom. The van der Waals surface area contributed by atoms with Crippen LogP contribution in [0.3, 0.4) is 0 Å². The van der Waals surface area contributed by atoms with Crippen molar-refractivity contribution in [1.82, 2.24) is 40.4 Å². The number of imidazole rings is 2. The molecule has 1 spiro atoms. The molecule has 2 aliphatic heterocycles. The van der Waals surface area contributed by atoms with E-state index in [-0.39, 0.29) is 40.5 Å². The smallest absolute Gasteiger partial charge is 0.407 e. The highest BCUT2D eigenvalue weighted by Crippen LogP contribution is 2.58. The summed E-state index contributed by atoms with van der Waals surface area (Å²) in [6.45, 7) is 8.86. The molecule has 1 saturated carbocycles. The van der Waals surface area contributed by atoms with Gasteiger partial charge in [-0.15, -0.1) is 11.8 Å². The Morgan fingerprint density at radius 2 is 1.23 bits per heavy atom. The van der Waals surface area contributed by atoms with Crippen LogP contribution in [0.15, 0.2) is 73.1 Å². The molecule has 60 heavy (non-hydrogen) atoms. The van der Waals surface area contributed by atoms with Crippen LogP contribution in [0, 0.1) is 17.3 Å². The van der Waals surface area contributed by atoms with Crippen molar-refractivity contribution in [3.05, 3.63) is 84.7 Å². The second-order valence-electron chi connectivity index (χ2n) is 16.9. The van der Waals surface area contributed by atoms with Crippen molar-refractivity contribution in [3.8, 4) is 33.6 Å². The molecule has 15 heteroatoms. The molecule has 14 nitrogen and oxygen atoms in total. The van der Waals surface area contributed by atoms with Gasteiger partial charge in [0.1, 0.15) is 29.1 Å². The summed E-state index contributed by atoms with van der Waals surface area (Å²) < 4.78 is 9.58. The summed E-state index contributed by atoms with van der Waals surface area (Å²) in [5.41, 5.74) is 6.00. The lowest BCUT2D eigenvalue weighted by atomic mass is 9.98. The van der Waals surface area contributed by atoms with Gasteiger partial charge in [0.05, 0.1) is 44.0 Å². The number of rotatable bonds is 11. The van der Waals surface area contributed by atoms with Gasteiger partial charge in [-0.25, -0.2) is 19.6 Å². The third kappa shape index (κ3) is 8.19. The lowest BCUT2D eigenvalue weighted by Crippen LogP contribution is -2.51. The second kappa shape index (κ2) is 16.7. The Hall–Kier alpha value is -5.83. The van der Waals surface area contributed by atoms with Crippen LogP contribution < -0.4 is 10.6 Å². The summed E-state index contributed by atoms with van der Waals surface area (Å²) in [6.07, 6.45) is 5.42. The molecule has 3 aliphatic rings. The molecule has 1 aliphatic carbocycles. The largest absolute Gasteiger partial charge is 0.453 e. The highest BCUT2D eigenvalue weighted by Gasteiger charge is 2.55. The van der Waals surface area contributed by atoms with E-state index in [1.165, 1.54) is 14.2 Å². The molecule has 5 aromatic rings. The molecule has 0 radical (unpaired) electrons. The number of hydrogen-bond acceptors (Lipinski definition) is 9. The summed E-state index contributed by atoms with van der Waals surface area (Å²) >= 11 is 1.64. The fourth-order valence-electron chi connectivity index (χ4n) is 8.45. The summed E-state index contributed by atoms with van der Waals surface area (Å²) in [6, 6.07) is 19.6. The molecule has 3 fully saturated rings. The number of alkyl carbamates (subject to hydrolysis) is 2. The van der Waals surface area contributed by atoms with Gasteiger partial charge in [-0.1, -0.05) is 76.2 Å². The van der Waals surface area contributed by atoms with Gasteiger partial charge in [-0.2, -0.15) is 0 Å². The number of aromatic nitrogens is 4. The first-order chi connectivity index (χ1) is 28.9. The number of H-pyrrole nitrogens is 2. The number of carbonyl (C=O) groups excluding carboxylic acids is 4. The highest BCUT2D eigenvalue weighted by atomic mass is 32.2. The number of ether oxygens (including phenoxy) is 2. The Bertz CT molecular complexity index is 2410. The molecule has 3 aromatic carbocycles. The predicted molar refractivity (Wildman–Crippen MR) is 231 cm³/mol.